The maximum absolute atomic E-state index is 12.6. The van der Waals surface area contributed by atoms with Crippen LogP contribution in [0.25, 0.3) is 0 Å². The zero-order chi connectivity index (χ0) is 20.1. The quantitative estimate of drug-likeness (QED) is 0.862. The Kier molecular flexibility index (Phi) is 6.73. The number of carbonyl (C=O) groups excluding carboxylic acids is 2. The van der Waals surface area contributed by atoms with Gasteiger partial charge in [-0.05, 0) is 43.0 Å². The molecule has 0 aromatic heterocycles. The van der Waals surface area contributed by atoms with Crippen molar-refractivity contribution in [3.05, 3.63) is 29.8 Å². The largest absolute Gasteiger partial charge is 0.378 e. The number of hydrogen-bond donors (Lipinski definition) is 1. The lowest BCUT2D eigenvalue weighted by molar-refractivity contribution is -0.141. The van der Waals surface area contributed by atoms with Crippen molar-refractivity contribution < 1.29 is 14.3 Å². The van der Waals surface area contributed by atoms with Gasteiger partial charge >= 0.3 is 0 Å². The van der Waals surface area contributed by atoms with E-state index in [1.165, 1.54) is 0 Å². The first-order valence-electron chi connectivity index (χ1n) is 10.3. The molecule has 2 heterocycles. The second-order valence-corrected chi connectivity index (χ2v) is 8.83. The molecule has 2 saturated heterocycles. The molecular formula is C22H33N3O3. The molecule has 2 aliphatic rings. The molecule has 0 aliphatic carbocycles. The molecule has 0 radical (unpaired) electrons. The van der Waals surface area contributed by atoms with Crippen molar-refractivity contribution in [3.8, 4) is 0 Å². The van der Waals surface area contributed by atoms with E-state index in [4.69, 9.17) is 4.74 Å². The van der Waals surface area contributed by atoms with Crippen molar-refractivity contribution in [2.24, 2.45) is 5.92 Å². The van der Waals surface area contributed by atoms with E-state index >= 15 is 0 Å². The molecule has 1 aromatic rings. The van der Waals surface area contributed by atoms with Crippen LogP contribution in [0.2, 0.25) is 0 Å². The standard InChI is InChI=1S/C22H33N3O3/c1-22(2,3)18-6-4-5-7-19(18)23-20(26)16-24-10-8-17(9-11-24)21(27)25-12-14-28-15-13-25/h4-7,17H,8-16H2,1-3H3,(H,23,26). The van der Waals surface area contributed by atoms with Gasteiger partial charge in [-0.2, -0.15) is 0 Å². The van der Waals surface area contributed by atoms with E-state index in [0.29, 0.717) is 32.8 Å². The molecule has 2 aliphatic heterocycles. The second-order valence-electron chi connectivity index (χ2n) is 8.83. The topological polar surface area (TPSA) is 61.9 Å². The number of benzene rings is 1. The molecule has 28 heavy (non-hydrogen) atoms. The molecule has 1 aromatic carbocycles. The Morgan fingerprint density at radius 2 is 1.71 bits per heavy atom. The van der Waals surface area contributed by atoms with Crippen LogP contribution in [0.15, 0.2) is 24.3 Å². The van der Waals surface area contributed by atoms with Crippen molar-refractivity contribution in [1.82, 2.24) is 9.80 Å². The molecule has 0 unspecified atom stereocenters. The van der Waals surface area contributed by atoms with Crippen molar-refractivity contribution in [3.63, 3.8) is 0 Å². The molecule has 2 amide bonds. The van der Waals surface area contributed by atoms with Gasteiger partial charge in [0, 0.05) is 24.7 Å². The first-order chi connectivity index (χ1) is 13.3. The summed E-state index contributed by atoms with van der Waals surface area (Å²) in [6.07, 6.45) is 1.64. The van der Waals surface area contributed by atoms with Gasteiger partial charge in [-0.15, -0.1) is 0 Å². The molecule has 0 saturated carbocycles. The number of rotatable bonds is 4. The van der Waals surface area contributed by atoms with Gasteiger partial charge in [0.1, 0.15) is 0 Å². The minimum absolute atomic E-state index is 0.00894. The van der Waals surface area contributed by atoms with E-state index in [9.17, 15) is 9.59 Å². The summed E-state index contributed by atoms with van der Waals surface area (Å²) in [6, 6.07) is 7.99. The maximum atomic E-state index is 12.6. The van der Waals surface area contributed by atoms with Crippen LogP contribution in [0.5, 0.6) is 0 Å². The summed E-state index contributed by atoms with van der Waals surface area (Å²) in [6.45, 7) is 11.1. The third-order valence-corrected chi connectivity index (χ3v) is 5.64. The fraction of sp³-hybridized carbons (Fsp3) is 0.636. The number of ether oxygens (including phenoxy) is 1. The van der Waals surface area contributed by atoms with Crippen LogP contribution < -0.4 is 5.32 Å². The number of morpholine rings is 1. The molecule has 6 heteroatoms. The zero-order valence-corrected chi connectivity index (χ0v) is 17.4. The molecular weight excluding hydrogens is 354 g/mol. The molecule has 2 fully saturated rings. The van der Waals surface area contributed by atoms with Crippen LogP contribution in [0.3, 0.4) is 0 Å². The fourth-order valence-electron chi connectivity index (χ4n) is 4.02. The minimum atomic E-state index is -0.0257. The van der Waals surface area contributed by atoms with E-state index in [0.717, 1.165) is 37.2 Å². The second kappa shape index (κ2) is 9.05. The summed E-state index contributed by atoms with van der Waals surface area (Å²) in [5.74, 6) is 0.347. The first-order valence-corrected chi connectivity index (χ1v) is 10.3. The van der Waals surface area contributed by atoms with E-state index in [2.05, 4.69) is 37.1 Å². The van der Waals surface area contributed by atoms with Gasteiger partial charge in [-0.25, -0.2) is 0 Å². The SMILES string of the molecule is CC(C)(C)c1ccccc1NC(=O)CN1CCC(C(=O)N2CCOCC2)CC1. The first kappa shape index (κ1) is 20.8. The molecule has 0 atom stereocenters. The number of anilines is 1. The minimum Gasteiger partial charge on any atom is -0.378 e. The average Bonchev–Trinajstić information content (AvgIpc) is 2.68. The van der Waals surface area contributed by atoms with Crippen molar-refractivity contribution in [2.75, 3.05) is 51.3 Å². The van der Waals surface area contributed by atoms with Gasteiger partial charge < -0.3 is 15.0 Å². The summed E-state index contributed by atoms with van der Waals surface area (Å²) < 4.78 is 5.33. The van der Waals surface area contributed by atoms with Gasteiger partial charge in [0.15, 0.2) is 0 Å². The highest BCUT2D eigenvalue weighted by atomic mass is 16.5. The van der Waals surface area contributed by atoms with Gasteiger partial charge in [0.2, 0.25) is 11.8 Å². The van der Waals surface area contributed by atoms with Crippen molar-refractivity contribution in [1.29, 1.82) is 0 Å². The third-order valence-electron chi connectivity index (χ3n) is 5.64. The van der Waals surface area contributed by atoms with Crippen molar-refractivity contribution in [2.45, 2.75) is 39.0 Å². The number of nitrogens with zero attached hydrogens (tertiary/aromatic N) is 2. The van der Waals surface area contributed by atoms with Crippen LogP contribution in [0.1, 0.15) is 39.2 Å². The highest BCUT2D eigenvalue weighted by molar-refractivity contribution is 5.93. The van der Waals surface area contributed by atoms with Crippen LogP contribution in [-0.4, -0.2) is 67.6 Å². The number of carbonyl (C=O) groups is 2. The average molecular weight is 388 g/mol. The number of amides is 2. The summed E-state index contributed by atoms with van der Waals surface area (Å²) in [5.41, 5.74) is 2.00. The molecule has 3 rings (SSSR count). The molecule has 6 nitrogen and oxygen atoms in total. The van der Waals surface area contributed by atoms with Gasteiger partial charge in [-0.3, -0.25) is 14.5 Å². The van der Waals surface area contributed by atoms with Crippen LogP contribution >= 0.6 is 0 Å². The lowest BCUT2D eigenvalue weighted by Crippen LogP contribution is -2.47. The fourth-order valence-corrected chi connectivity index (χ4v) is 4.02. The predicted octanol–water partition coefficient (Wildman–Crippen LogP) is 2.49. The van der Waals surface area contributed by atoms with E-state index in [1.54, 1.807) is 0 Å². The lowest BCUT2D eigenvalue weighted by Gasteiger charge is -2.35. The Morgan fingerprint density at radius 3 is 2.36 bits per heavy atom. The Balaban J connectivity index is 1.48. The normalized spacial score (nSPS) is 19.5. The van der Waals surface area contributed by atoms with Gasteiger partial charge in [0.05, 0.1) is 19.8 Å². The van der Waals surface area contributed by atoms with Crippen LogP contribution in [0, 0.1) is 5.92 Å². The Labute approximate surface area is 168 Å². The smallest absolute Gasteiger partial charge is 0.238 e. The number of likely N-dealkylation sites (tertiary alicyclic amines) is 1. The number of hydrogen-bond acceptors (Lipinski definition) is 4. The monoisotopic (exact) mass is 387 g/mol. The Hall–Kier alpha value is -1.92. The van der Waals surface area contributed by atoms with E-state index in [1.807, 2.05) is 23.1 Å². The number of nitrogens with one attached hydrogen (secondary N) is 1. The Bertz CT molecular complexity index is 685. The third kappa shape index (κ3) is 5.32. The molecule has 0 bridgehead atoms. The van der Waals surface area contributed by atoms with E-state index in [-0.39, 0.29) is 23.1 Å². The highest BCUT2D eigenvalue weighted by Gasteiger charge is 2.30. The lowest BCUT2D eigenvalue weighted by atomic mass is 9.86. The molecule has 0 spiro atoms. The number of piperidine rings is 1. The van der Waals surface area contributed by atoms with Gasteiger partial charge in [0.25, 0.3) is 0 Å². The summed E-state index contributed by atoms with van der Waals surface area (Å²) in [5, 5.41) is 3.08. The summed E-state index contributed by atoms with van der Waals surface area (Å²) in [4.78, 5) is 29.3. The molecule has 154 valence electrons. The van der Waals surface area contributed by atoms with Gasteiger partial charge in [-0.1, -0.05) is 39.0 Å². The summed E-state index contributed by atoms with van der Waals surface area (Å²) >= 11 is 0. The highest BCUT2D eigenvalue weighted by Crippen LogP contribution is 2.29. The van der Waals surface area contributed by atoms with Crippen molar-refractivity contribution >= 4 is 17.5 Å². The predicted molar refractivity (Wildman–Crippen MR) is 110 cm³/mol. The molecule has 1 N–H and O–H groups in total. The maximum Gasteiger partial charge on any atom is 0.238 e. The zero-order valence-electron chi connectivity index (χ0n) is 17.4. The van der Waals surface area contributed by atoms with E-state index < -0.39 is 0 Å². The van der Waals surface area contributed by atoms with Crippen LogP contribution in [0.4, 0.5) is 5.69 Å². The summed E-state index contributed by atoms with van der Waals surface area (Å²) in [7, 11) is 0. The number of para-hydroxylation sites is 1. The Morgan fingerprint density at radius 1 is 1.07 bits per heavy atom. The van der Waals surface area contributed by atoms with Crippen LogP contribution in [-0.2, 0) is 19.7 Å².